The first-order valence-corrected chi connectivity index (χ1v) is 7.40. The third-order valence-electron chi connectivity index (χ3n) is 3.59. The molecule has 0 bridgehead atoms. The zero-order chi connectivity index (χ0) is 15.2. The topological polar surface area (TPSA) is 71.1 Å². The summed E-state index contributed by atoms with van der Waals surface area (Å²) < 4.78 is 4.84. The van der Waals surface area contributed by atoms with E-state index in [9.17, 15) is 4.79 Å². The summed E-state index contributed by atoms with van der Waals surface area (Å²) >= 11 is 0. The Morgan fingerprint density at radius 3 is 3.00 bits per heavy atom. The molecule has 1 aliphatic heterocycles. The molecular formula is C15H22N4O2. The summed E-state index contributed by atoms with van der Waals surface area (Å²) in [5.74, 6) is 0.687. The number of methoxy groups -OCH3 is 1. The highest BCUT2D eigenvalue weighted by atomic mass is 16.5. The standard InChI is InChI=1S/C13H16N4O2.C2H6/c1-19-13(18)9-3-2-6-17(7-9)12-10-4-5-14-11(10)15-8-16-12;1-2/h4-5,8-9H,2-3,6-7H2,1H3,(H,14,15,16);1-2H3. The monoisotopic (exact) mass is 290 g/mol. The number of aromatic amines is 1. The highest BCUT2D eigenvalue weighted by Gasteiger charge is 2.28. The lowest BCUT2D eigenvalue weighted by Gasteiger charge is -2.32. The molecule has 1 unspecified atom stereocenters. The second-order valence-electron chi connectivity index (χ2n) is 4.75. The van der Waals surface area contributed by atoms with Crippen LogP contribution in [0.15, 0.2) is 18.6 Å². The van der Waals surface area contributed by atoms with Crippen LogP contribution in [0.25, 0.3) is 11.0 Å². The molecule has 21 heavy (non-hydrogen) atoms. The zero-order valence-corrected chi connectivity index (χ0v) is 12.8. The van der Waals surface area contributed by atoms with Crippen molar-refractivity contribution in [2.75, 3.05) is 25.1 Å². The van der Waals surface area contributed by atoms with E-state index in [0.717, 1.165) is 36.2 Å². The van der Waals surface area contributed by atoms with Gasteiger partial charge in [0.1, 0.15) is 17.8 Å². The number of nitrogens with zero attached hydrogens (tertiary/aromatic N) is 3. The summed E-state index contributed by atoms with van der Waals surface area (Å²) in [6, 6.07) is 1.96. The first-order valence-electron chi connectivity index (χ1n) is 7.40. The van der Waals surface area contributed by atoms with Gasteiger partial charge in [0.15, 0.2) is 0 Å². The summed E-state index contributed by atoms with van der Waals surface area (Å²) in [6.45, 7) is 5.56. The number of hydrogen-bond acceptors (Lipinski definition) is 5. The van der Waals surface area contributed by atoms with Gasteiger partial charge in [-0.15, -0.1) is 0 Å². The van der Waals surface area contributed by atoms with Crippen LogP contribution in [-0.2, 0) is 9.53 Å². The Morgan fingerprint density at radius 2 is 2.24 bits per heavy atom. The van der Waals surface area contributed by atoms with Gasteiger partial charge in [-0.1, -0.05) is 13.8 Å². The molecule has 0 saturated carbocycles. The molecule has 2 aromatic heterocycles. The minimum absolute atomic E-state index is 0.0669. The molecule has 1 saturated heterocycles. The maximum absolute atomic E-state index is 11.7. The lowest BCUT2D eigenvalue weighted by molar-refractivity contribution is -0.145. The Kier molecular flexibility index (Phi) is 5.14. The third-order valence-corrected chi connectivity index (χ3v) is 3.59. The van der Waals surface area contributed by atoms with Crippen molar-refractivity contribution in [3.05, 3.63) is 18.6 Å². The van der Waals surface area contributed by atoms with Crippen molar-refractivity contribution in [3.8, 4) is 0 Å². The quantitative estimate of drug-likeness (QED) is 0.860. The van der Waals surface area contributed by atoms with Crippen LogP contribution in [-0.4, -0.2) is 41.1 Å². The molecule has 0 spiro atoms. The molecule has 3 rings (SSSR count). The van der Waals surface area contributed by atoms with Crippen LogP contribution in [0.1, 0.15) is 26.7 Å². The van der Waals surface area contributed by atoms with Gasteiger partial charge in [-0.2, -0.15) is 0 Å². The Labute approximate surface area is 124 Å². The van der Waals surface area contributed by atoms with Crippen LogP contribution in [0.4, 0.5) is 5.82 Å². The van der Waals surface area contributed by atoms with E-state index in [-0.39, 0.29) is 11.9 Å². The summed E-state index contributed by atoms with van der Waals surface area (Å²) in [7, 11) is 1.44. The van der Waals surface area contributed by atoms with Crippen LogP contribution >= 0.6 is 0 Å². The molecule has 0 aliphatic carbocycles. The molecule has 1 fully saturated rings. The van der Waals surface area contributed by atoms with Gasteiger partial charge in [-0.3, -0.25) is 4.79 Å². The molecule has 0 amide bonds. The number of anilines is 1. The van der Waals surface area contributed by atoms with Crippen molar-refractivity contribution in [2.45, 2.75) is 26.7 Å². The van der Waals surface area contributed by atoms with Gasteiger partial charge in [-0.05, 0) is 18.9 Å². The summed E-state index contributed by atoms with van der Waals surface area (Å²) in [4.78, 5) is 25.4. The van der Waals surface area contributed by atoms with Crippen molar-refractivity contribution in [1.29, 1.82) is 0 Å². The predicted molar refractivity (Wildman–Crippen MR) is 82.2 cm³/mol. The first kappa shape index (κ1) is 15.3. The minimum atomic E-state index is -0.135. The van der Waals surface area contributed by atoms with Crippen LogP contribution in [0.5, 0.6) is 0 Å². The highest BCUT2D eigenvalue weighted by molar-refractivity contribution is 5.87. The second-order valence-corrected chi connectivity index (χ2v) is 4.75. The second kappa shape index (κ2) is 7.06. The normalized spacial score (nSPS) is 18.0. The fraction of sp³-hybridized carbons (Fsp3) is 0.533. The lowest BCUT2D eigenvalue weighted by Crippen LogP contribution is -2.39. The SMILES string of the molecule is CC.COC(=O)C1CCCN(c2ncnc3[nH]ccc23)C1. The maximum Gasteiger partial charge on any atom is 0.310 e. The fourth-order valence-corrected chi connectivity index (χ4v) is 2.64. The summed E-state index contributed by atoms with van der Waals surface area (Å²) in [6.07, 6.45) is 5.25. The Bertz CT molecular complexity index is 596. The molecule has 114 valence electrons. The molecule has 1 atom stereocenters. The van der Waals surface area contributed by atoms with E-state index < -0.39 is 0 Å². The molecule has 6 heteroatoms. The van der Waals surface area contributed by atoms with E-state index in [1.807, 2.05) is 26.1 Å². The third kappa shape index (κ3) is 3.15. The van der Waals surface area contributed by atoms with Crippen LogP contribution in [0, 0.1) is 5.92 Å². The molecule has 1 aliphatic rings. The molecular weight excluding hydrogens is 268 g/mol. The number of aromatic nitrogens is 3. The predicted octanol–water partition coefficient (Wildman–Crippen LogP) is 2.37. The fourth-order valence-electron chi connectivity index (χ4n) is 2.64. The molecule has 1 N–H and O–H groups in total. The largest absolute Gasteiger partial charge is 0.469 e. The van der Waals surface area contributed by atoms with Gasteiger partial charge in [-0.25, -0.2) is 9.97 Å². The summed E-state index contributed by atoms with van der Waals surface area (Å²) in [5.41, 5.74) is 0.824. The number of esters is 1. The number of hydrogen-bond donors (Lipinski definition) is 1. The number of fused-ring (bicyclic) bond motifs is 1. The molecule has 2 aromatic rings. The Balaban J connectivity index is 0.000000774. The number of piperidine rings is 1. The van der Waals surface area contributed by atoms with Crippen molar-refractivity contribution < 1.29 is 9.53 Å². The number of nitrogens with one attached hydrogen (secondary N) is 1. The van der Waals surface area contributed by atoms with Gasteiger partial charge in [0.05, 0.1) is 18.4 Å². The van der Waals surface area contributed by atoms with Crippen molar-refractivity contribution in [3.63, 3.8) is 0 Å². The smallest absolute Gasteiger partial charge is 0.310 e. The molecule has 3 heterocycles. The van der Waals surface area contributed by atoms with E-state index in [4.69, 9.17) is 4.74 Å². The number of rotatable bonds is 2. The van der Waals surface area contributed by atoms with Gasteiger partial charge in [0.25, 0.3) is 0 Å². The maximum atomic E-state index is 11.7. The Hall–Kier alpha value is -2.11. The van der Waals surface area contributed by atoms with Crippen LogP contribution in [0.3, 0.4) is 0 Å². The van der Waals surface area contributed by atoms with E-state index in [0.29, 0.717) is 6.54 Å². The number of H-pyrrole nitrogens is 1. The number of carbonyl (C=O) groups excluding carboxylic acids is 1. The van der Waals surface area contributed by atoms with Crippen molar-refractivity contribution >= 4 is 22.8 Å². The summed E-state index contributed by atoms with van der Waals surface area (Å²) in [5, 5.41) is 0.994. The molecule has 6 nitrogen and oxygen atoms in total. The lowest BCUT2D eigenvalue weighted by atomic mass is 9.98. The Morgan fingerprint density at radius 1 is 1.43 bits per heavy atom. The van der Waals surface area contributed by atoms with Gasteiger partial charge >= 0.3 is 5.97 Å². The number of carbonyl (C=O) groups is 1. The van der Waals surface area contributed by atoms with Gasteiger partial charge < -0.3 is 14.6 Å². The molecule has 0 radical (unpaired) electrons. The van der Waals surface area contributed by atoms with Gasteiger partial charge in [0, 0.05) is 19.3 Å². The average Bonchev–Trinajstić information content (AvgIpc) is 3.04. The minimum Gasteiger partial charge on any atom is -0.469 e. The molecule has 0 aromatic carbocycles. The van der Waals surface area contributed by atoms with Gasteiger partial charge in [0.2, 0.25) is 0 Å². The zero-order valence-electron chi connectivity index (χ0n) is 12.8. The van der Waals surface area contributed by atoms with E-state index in [1.165, 1.54) is 7.11 Å². The van der Waals surface area contributed by atoms with E-state index >= 15 is 0 Å². The van der Waals surface area contributed by atoms with E-state index in [1.54, 1.807) is 6.33 Å². The van der Waals surface area contributed by atoms with Crippen LogP contribution in [0.2, 0.25) is 0 Å². The van der Waals surface area contributed by atoms with Crippen molar-refractivity contribution in [2.24, 2.45) is 5.92 Å². The number of ether oxygens (including phenoxy) is 1. The average molecular weight is 290 g/mol. The van der Waals surface area contributed by atoms with E-state index in [2.05, 4.69) is 19.9 Å². The first-order chi connectivity index (χ1) is 10.3. The van der Waals surface area contributed by atoms with Crippen molar-refractivity contribution in [1.82, 2.24) is 15.0 Å². The highest BCUT2D eigenvalue weighted by Crippen LogP contribution is 2.27. The van der Waals surface area contributed by atoms with Crippen LogP contribution < -0.4 is 4.90 Å².